The van der Waals surface area contributed by atoms with Crippen LogP contribution in [-0.2, 0) is 14.8 Å². The molecule has 0 spiro atoms. The molecule has 1 fully saturated rings. The molecule has 0 radical (unpaired) electrons. The van der Waals surface area contributed by atoms with Gasteiger partial charge in [0.2, 0.25) is 15.9 Å². The molecule has 132 valence electrons. The van der Waals surface area contributed by atoms with Crippen LogP contribution in [0.25, 0.3) is 6.08 Å². The van der Waals surface area contributed by atoms with E-state index in [0.29, 0.717) is 11.7 Å². The lowest BCUT2D eigenvalue weighted by Gasteiger charge is -2.26. The molecule has 0 unspecified atom stereocenters. The van der Waals surface area contributed by atoms with E-state index in [-0.39, 0.29) is 5.91 Å². The molecule has 1 aromatic carbocycles. The third-order valence-electron chi connectivity index (χ3n) is 4.35. The summed E-state index contributed by atoms with van der Waals surface area (Å²) in [6.45, 7) is 0. The van der Waals surface area contributed by atoms with Gasteiger partial charge in [-0.1, -0.05) is 37.8 Å². The first kappa shape index (κ1) is 18.5. The first-order valence-electron chi connectivity index (χ1n) is 8.38. The normalized spacial score (nSPS) is 16.8. The van der Waals surface area contributed by atoms with Crippen LogP contribution in [0.2, 0.25) is 0 Å². The van der Waals surface area contributed by atoms with Crippen LogP contribution in [-0.4, -0.2) is 38.6 Å². The molecule has 1 aromatic rings. The Hall–Kier alpha value is -1.82. The molecular weight excluding hydrogens is 324 g/mol. The molecule has 24 heavy (non-hydrogen) atoms. The van der Waals surface area contributed by atoms with Gasteiger partial charge in [-0.3, -0.25) is 9.52 Å². The lowest BCUT2D eigenvalue weighted by atomic mass is 10.1. The van der Waals surface area contributed by atoms with Crippen molar-refractivity contribution < 1.29 is 13.2 Å². The van der Waals surface area contributed by atoms with Crippen LogP contribution in [0.4, 0.5) is 5.69 Å². The highest BCUT2D eigenvalue weighted by molar-refractivity contribution is 7.92. The number of carbonyl (C=O) groups is 1. The maximum atomic E-state index is 12.3. The third-order valence-corrected chi connectivity index (χ3v) is 4.96. The fraction of sp³-hybridized carbons (Fsp3) is 0.500. The summed E-state index contributed by atoms with van der Waals surface area (Å²) < 4.78 is 24.8. The van der Waals surface area contributed by atoms with E-state index in [1.165, 1.54) is 25.7 Å². The highest BCUT2D eigenvalue weighted by atomic mass is 32.2. The second kappa shape index (κ2) is 8.33. The van der Waals surface area contributed by atoms with Crippen LogP contribution in [0.3, 0.4) is 0 Å². The predicted molar refractivity (Wildman–Crippen MR) is 98.2 cm³/mol. The van der Waals surface area contributed by atoms with Crippen molar-refractivity contribution in [3.63, 3.8) is 0 Å². The van der Waals surface area contributed by atoms with Gasteiger partial charge in [-0.05, 0) is 36.6 Å². The smallest absolute Gasteiger partial charge is 0.246 e. The first-order chi connectivity index (χ1) is 11.3. The van der Waals surface area contributed by atoms with Gasteiger partial charge in [-0.25, -0.2) is 8.42 Å². The number of sulfonamides is 1. The van der Waals surface area contributed by atoms with Crippen molar-refractivity contribution in [1.82, 2.24) is 4.90 Å². The van der Waals surface area contributed by atoms with Crippen molar-refractivity contribution in [3.8, 4) is 0 Å². The highest BCUT2D eigenvalue weighted by Gasteiger charge is 2.19. The van der Waals surface area contributed by atoms with Gasteiger partial charge >= 0.3 is 0 Å². The number of nitrogens with one attached hydrogen (secondary N) is 1. The Morgan fingerprint density at radius 2 is 1.71 bits per heavy atom. The van der Waals surface area contributed by atoms with Crippen molar-refractivity contribution in [1.29, 1.82) is 0 Å². The van der Waals surface area contributed by atoms with Gasteiger partial charge in [-0.15, -0.1) is 0 Å². The van der Waals surface area contributed by atoms with Gasteiger partial charge in [0.15, 0.2) is 0 Å². The van der Waals surface area contributed by atoms with E-state index in [1.807, 2.05) is 11.9 Å². The molecule has 0 bridgehead atoms. The van der Waals surface area contributed by atoms with E-state index in [1.54, 1.807) is 36.4 Å². The fourth-order valence-corrected chi connectivity index (χ4v) is 3.55. The first-order valence-corrected chi connectivity index (χ1v) is 10.3. The van der Waals surface area contributed by atoms with Gasteiger partial charge < -0.3 is 4.90 Å². The fourth-order valence-electron chi connectivity index (χ4n) is 2.99. The molecule has 1 aliphatic rings. The molecule has 1 amide bonds. The van der Waals surface area contributed by atoms with Crippen LogP contribution in [0, 0.1) is 0 Å². The number of anilines is 1. The Morgan fingerprint density at radius 1 is 1.12 bits per heavy atom. The number of nitrogens with zero attached hydrogens (tertiary/aromatic N) is 1. The van der Waals surface area contributed by atoms with Crippen LogP contribution < -0.4 is 4.72 Å². The predicted octanol–water partition coefficient (Wildman–Crippen LogP) is 3.25. The highest BCUT2D eigenvalue weighted by Crippen LogP contribution is 2.21. The Bertz CT molecular complexity index is 673. The summed E-state index contributed by atoms with van der Waals surface area (Å²) in [5.41, 5.74) is 1.37. The van der Waals surface area contributed by atoms with E-state index in [0.717, 1.165) is 24.7 Å². The molecule has 2 rings (SSSR count). The summed E-state index contributed by atoms with van der Waals surface area (Å²) in [7, 11) is -1.39. The van der Waals surface area contributed by atoms with E-state index < -0.39 is 10.0 Å². The lowest BCUT2D eigenvalue weighted by molar-refractivity contribution is -0.126. The molecule has 0 aromatic heterocycles. The minimum atomic E-state index is -3.27. The van der Waals surface area contributed by atoms with Gasteiger partial charge in [0.05, 0.1) is 6.26 Å². The Morgan fingerprint density at radius 3 is 2.25 bits per heavy atom. The number of amides is 1. The molecule has 6 heteroatoms. The molecule has 0 heterocycles. The second-order valence-corrected chi connectivity index (χ2v) is 8.17. The van der Waals surface area contributed by atoms with Gasteiger partial charge in [0.25, 0.3) is 0 Å². The van der Waals surface area contributed by atoms with E-state index in [4.69, 9.17) is 0 Å². The molecule has 0 atom stereocenters. The molecule has 5 nitrogen and oxygen atoms in total. The van der Waals surface area contributed by atoms with E-state index in [9.17, 15) is 13.2 Å². The van der Waals surface area contributed by atoms with Crippen LogP contribution in [0.1, 0.15) is 44.1 Å². The van der Waals surface area contributed by atoms with Crippen LogP contribution >= 0.6 is 0 Å². The molecule has 1 saturated carbocycles. The minimum absolute atomic E-state index is 0.0141. The number of likely N-dealkylation sites (N-methyl/N-ethyl adjacent to an activating group) is 1. The van der Waals surface area contributed by atoms with Gasteiger partial charge in [0.1, 0.15) is 0 Å². The summed E-state index contributed by atoms with van der Waals surface area (Å²) in [6, 6.07) is 7.26. The topological polar surface area (TPSA) is 66.5 Å². The number of carbonyl (C=O) groups excluding carboxylic acids is 1. The van der Waals surface area contributed by atoms with E-state index >= 15 is 0 Å². The number of rotatable bonds is 5. The van der Waals surface area contributed by atoms with Gasteiger partial charge in [0, 0.05) is 24.9 Å². The molecule has 0 saturated heterocycles. The maximum Gasteiger partial charge on any atom is 0.246 e. The van der Waals surface area contributed by atoms with Gasteiger partial charge in [-0.2, -0.15) is 0 Å². The summed E-state index contributed by atoms with van der Waals surface area (Å²) in [5.74, 6) is 0.0141. The Balaban J connectivity index is 1.95. The Kier molecular flexibility index (Phi) is 6.43. The maximum absolute atomic E-state index is 12.3. The SMILES string of the molecule is CN(C(=O)/C=C/c1ccc(NS(C)(=O)=O)cc1)C1CCCCCC1. The summed E-state index contributed by atoms with van der Waals surface area (Å²) in [6.07, 6.45) is 11.6. The third kappa shape index (κ3) is 6.00. The van der Waals surface area contributed by atoms with Crippen LogP contribution in [0.5, 0.6) is 0 Å². The summed E-state index contributed by atoms with van der Waals surface area (Å²) in [4.78, 5) is 14.2. The van der Waals surface area contributed by atoms with Crippen molar-refractivity contribution in [2.45, 2.75) is 44.6 Å². The molecule has 1 N–H and O–H groups in total. The largest absolute Gasteiger partial charge is 0.339 e. The Labute approximate surface area is 144 Å². The van der Waals surface area contributed by atoms with Crippen molar-refractivity contribution in [3.05, 3.63) is 35.9 Å². The minimum Gasteiger partial charge on any atom is -0.339 e. The quantitative estimate of drug-likeness (QED) is 0.655. The molecular formula is C18H26N2O3S. The van der Waals surface area contributed by atoms with Crippen molar-refractivity contribution >= 4 is 27.7 Å². The zero-order valence-electron chi connectivity index (χ0n) is 14.4. The number of hydrogen-bond donors (Lipinski definition) is 1. The van der Waals surface area contributed by atoms with Crippen molar-refractivity contribution in [2.24, 2.45) is 0 Å². The summed E-state index contributed by atoms with van der Waals surface area (Å²) >= 11 is 0. The van der Waals surface area contributed by atoms with Crippen LogP contribution in [0.15, 0.2) is 30.3 Å². The average Bonchev–Trinajstić information content (AvgIpc) is 2.81. The van der Waals surface area contributed by atoms with E-state index in [2.05, 4.69) is 4.72 Å². The zero-order valence-corrected chi connectivity index (χ0v) is 15.2. The monoisotopic (exact) mass is 350 g/mol. The standard InChI is InChI=1S/C18H26N2O3S/c1-20(17-7-5-3-4-6-8-17)18(21)14-11-15-9-12-16(13-10-15)19-24(2,22)23/h9-14,17,19H,3-8H2,1-2H3/b14-11+. The average molecular weight is 350 g/mol. The lowest BCUT2D eigenvalue weighted by Crippen LogP contribution is -2.35. The zero-order chi connectivity index (χ0) is 17.6. The second-order valence-electron chi connectivity index (χ2n) is 6.42. The summed E-state index contributed by atoms with van der Waals surface area (Å²) in [5, 5.41) is 0. The molecule has 0 aliphatic heterocycles. The molecule has 1 aliphatic carbocycles. The number of benzene rings is 1. The van der Waals surface area contributed by atoms with Crippen molar-refractivity contribution in [2.75, 3.05) is 18.0 Å². The number of hydrogen-bond acceptors (Lipinski definition) is 3.